The zero-order valence-corrected chi connectivity index (χ0v) is 9.19. The van der Waals surface area contributed by atoms with Crippen molar-refractivity contribution in [3.8, 4) is 6.07 Å². The van der Waals surface area contributed by atoms with Crippen molar-refractivity contribution in [3.63, 3.8) is 0 Å². The highest BCUT2D eigenvalue weighted by molar-refractivity contribution is 5.46. The number of anilines is 1. The molecule has 0 heterocycles. The van der Waals surface area contributed by atoms with Crippen LogP contribution in [0.15, 0.2) is 24.3 Å². The lowest BCUT2D eigenvalue weighted by molar-refractivity contribution is 0.172. The molecule has 2 unspecified atom stereocenters. The number of nitrogens with one attached hydrogen (secondary N) is 1. The number of hydrogen-bond acceptors (Lipinski definition) is 3. The molecule has 2 atom stereocenters. The number of rotatable bonds is 3. The number of hydrogen-bond donors (Lipinski definition) is 2. The quantitative estimate of drug-likeness (QED) is 0.813. The third kappa shape index (κ3) is 2.53. The minimum Gasteiger partial charge on any atom is -0.391 e. The Hall–Kier alpha value is -1.53. The first-order valence-electron chi connectivity index (χ1n) is 5.70. The van der Waals surface area contributed by atoms with E-state index in [2.05, 4.69) is 11.4 Å². The van der Waals surface area contributed by atoms with Gasteiger partial charge in [-0.15, -0.1) is 0 Å². The van der Waals surface area contributed by atoms with Crippen LogP contribution in [0.3, 0.4) is 0 Å². The summed E-state index contributed by atoms with van der Waals surface area (Å²) < 4.78 is 0. The first-order chi connectivity index (χ1) is 7.79. The Kier molecular flexibility index (Phi) is 3.43. The van der Waals surface area contributed by atoms with Gasteiger partial charge in [-0.1, -0.05) is 12.1 Å². The fourth-order valence-electron chi connectivity index (χ4n) is 2.13. The molecule has 0 bridgehead atoms. The third-order valence-corrected chi connectivity index (χ3v) is 3.07. The predicted octanol–water partition coefficient (Wildman–Crippen LogP) is 2.08. The molecule has 1 aliphatic carbocycles. The first kappa shape index (κ1) is 11.0. The molecule has 84 valence electrons. The lowest BCUT2D eigenvalue weighted by Gasteiger charge is -2.17. The molecule has 16 heavy (non-hydrogen) atoms. The van der Waals surface area contributed by atoms with E-state index < -0.39 is 0 Å². The van der Waals surface area contributed by atoms with Crippen molar-refractivity contribution in [1.29, 1.82) is 5.26 Å². The van der Waals surface area contributed by atoms with Crippen molar-refractivity contribution in [1.82, 2.24) is 0 Å². The maximum Gasteiger partial charge on any atom is 0.0741 e. The standard InChI is InChI=1S/C13H16N2O/c14-9-8-10-4-6-11(7-5-10)15-12-2-1-3-13(12)16/h4-7,12-13,15-16H,1-3,8H2. The molecule has 1 fully saturated rings. The minimum absolute atomic E-state index is 0.182. The molecular weight excluding hydrogens is 200 g/mol. The van der Waals surface area contributed by atoms with Crippen LogP contribution in [0.1, 0.15) is 24.8 Å². The zero-order chi connectivity index (χ0) is 11.4. The Morgan fingerprint density at radius 3 is 2.62 bits per heavy atom. The summed E-state index contributed by atoms with van der Waals surface area (Å²) in [5, 5.41) is 21.6. The van der Waals surface area contributed by atoms with Gasteiger partial charge in [0.15, 0.2) is 0 Å². The molecule has 0 saturated heterocycles. The van der Waals surface area contributed by atoms with Crippen LogP contribution in [-0.2, 0) is 6.42 Å². The van der Waals surface area contributed by atoms with E-state index in [0.717, 1.165) is 30.5 Å². The van der Waals surface area contributed by atoms with Crippen LogP contribution in [0, 0.1) is 11.3 Å². The number of aliphatic hydroxyl groups excluding tert-OH is 1. The van der Waals surface area contributed by atoms with Crippen LogP contribution in [0.2, 0.25) is 0 Å². The number of aliphatic hydroxyl groups is 1. The Morgan fingerprint density at radius 1 is 1.31 bits per heavy atom. The van der Waals surface area contributed by atoms with Crippen molar-refractivity contribution >= 4 is 5.69 Å². The molecule has 3 heteroatoms. The molecule has 2 N–H and O–H groups in total. The van der Waals surface area contributed by atoms with Crippen LogP contribution < -0.4 is 5.32 Å². The highest BCUT2D eigenvalue weighted by Gasteiger charge is 2.24. The fourth-order valence-corrected chi connectivity index (χ4v) is 2.13. The van der Waals surface area contributed by atoms with E-state index in [0.29, 0.717) is 6.42 Å². The molecule has 1 aromatic carbocycles. The molecule has 1 aliphatic rings. The van der Waals surface area contributed by atoms with Crippen LogP contribution >= 0.6 is 0 Å². The van der Waals surface area contributed by atoms with Crippen molar-refractivity contribution in [2.75, 3.05) is 5.32 Å². The van der Waals surface area contributed by atoms with Gasteiger partial charge in [0.05, 0.1) is 24.6 Å². The van der Waals surface area contributed by atoms with E-state index in [1.54, 1.807) is 0 Å². The topological polar surface area (TPSA) is 56.0 Å². The van der Waals surface area contributed by atoms with Gasteiger partial charge in [-0.2, -0.15) is 5.26 Å². The number of benzene rings is 1. The Morgan fingerprint density at radius 2 is 2.06 bits per heavy atom. The molecule has 0 amide bonds. The van der Waals surface area contributed by atoms with Crippen LogP contribution in [0.25, 0.3) is 0 Å². The summed E-state index contributed by atoms with van der Waals surface area (Å²) in [6.45, 7) is 0. The number of nitriles is 1. The second-order valence-corrected chi connectivity index (χ2v) is 4.28. The summed E-state index contributed by atoms with van der Waals surface area (Å²) in [4.78, 5) is 0. The third-order valence-electron chi connectivity index (χ3n) is 3.07. The molecule has 1 aromatic rings. The van der Waals surface area contributed by atoms with E-state index in [1.807, 2.05) is 24.3 Å². The lowest BCUT2D eigenvalue weighted by atomic mass is 10.1. The second kappa shape index (κ2) is 5.00. The monoisotopic (exact) mass is 216 g/mol. The van der Waals surface area contributed by atoms with Crippen molar-refractivity contribution in [3.05, 3.63) is 29.8 Å². The van der Waals surface area contributed by atoms with E-state index in [-0.39, 0.29) is 12.1 Å². The van der Waals surface area contributed by atoms with Gasteiger partial charge >= 0.3 is 0 Å². The van der Waals surface area contributed by atoms with Gasteiger partial charge < -0.3 is 10.4 Å². The first-order valence-corrected chi connectivity index (χ1v) is 5.70. The minimum atomic E-state index is -0.223. The van der Waals surface area contributed by atoms with Gasteiger partial charge in [-0.25, -0.2) is 0 Å². The average Bonchev–Trinajstić information content (AvgIpc) is 2.68. The molecule has 2 rings (SSSR count). The summed E-state index contributed by atoms with van der Waals surface area (Å²) in [6, 6.07) is 10.1. The van der Waals surface area contributed by atoms with Gasteiger partial charge in [-0.3, -0.25) is 0 Å². The van der Waals surface area contributed by atoms with Crippen LogP contribution in [-0.4, -0.2) is 17.3 Å². The Balaban J connectivity index is 1.97. The largest absolute Gasteiger partial charge is 0.391 e. The van der Waals surface area contributed by atoms with Crippen molar-refractivity contribution in [2.24, 2.45) is 0 Å². The molecule has 0 aliphatic heterocycles. The van der Waals surface area contributed by atoms with E-state index in [4.69, 9.17) is 5.26 Å². The second-order valence-electron chi connectivity index (χ2n) is 4.28. The summed E-state index contributed by atoms with van der Waals surface area (Å²) in [5.41, 5.74) is 2.05. The molecule has 1 saturated carbocycles. The van der Waals surface area contributed by atoms with E-state index in [9.17, 15) is 5.11 Å². The van der Waals surface area contributed by atoms with Gasteiger partial charge in [0.2, 0.25) is 0 Å². The maximum absolute atomic E-state index is 9.68. The summed E-state index contributed by atoms with van der Waals surface area (Å²) in [7, 11) is 0. The Labute approximate surface area is 95.7 Å². The molecule has 0 aromatic heterocycles. The highest BCUT2D eigenvalue weighted by Crippen LogP contribution is 2.23. The molecular formula is C13H16N2O. The van der Waals surface area contributed by atoms with Crippen molar-refractivity contribution < 1.29 is 5.11 Å². The zero-order valence-electron chi connectivity index (χ0n) is 9.19. The summed E-state index contributed by atoms with van der Waals surface area (Å²) >= 11 is 0. The van der Waals surface area contributed by atoms with Gasteiger partial charge in [-0.05, 0) is 37.0 Å². The average molecular weight is 216 g/mol. The van der Waals surface area contributed by atoms with E-state index in [1.165, 1.54) is 0 Å². The van der Waals surface area contributed by atoms with Gasteiger partial charge in [0.1, 0.15) is 0 Å². The van der Waals surface area contributed by atoms with Crippen LogP contribution in [0.5, 0.6) is 0 Å². The molecule has 3 nitrogen and oxygen atoms in total. The maximum atomic E-state index is 9.68. The normalized spacial score (nSPS) is 24.0. The van der Waals surface area contributed by atoms with Gasteiger partial charge in [0.25, 0.3) is 0 Å². The summed E-state index contributed by atoms with van der Waals surface area (Å²) in [5.74, 6) is 0. The summed E-state index contributed by atoms with van der Waals surface area (Å²) in [6.07, 6.45) is 3.24. The highest BCUT2D eigenvalue weighted by atomic mass is 16.3. The van der Waals surface area contributed by atoms with E-state index >= 15 is 0 Å². The number of nitrogens with zero attached hydrogens (tertiary/aromatic N) is 1. The van der Waals surface area contributed by atoms with Gasteiger partial charge in [0, 0.05) is 5.69 Å². The smallest absolute Gasteiger partial charge is 0.0741 e. The predicted molar refractivity (Wildman–Crippen MR) is 63.0 cm³/mol. The lowest BCUT2D eigenvalue weighted by Crippen LogP contribution is -2.27. The van der Waals surface area contributed by atoms with Crippen molar-refractivity contribution in [2.45, 2.75) is 37.8 Å². The van der Waals surface area contributed by atoms with Crippen LogP contribution in [0.4, 0.5) is 5.69 Å². The molecule has 0 spiro atoms. The fraction of sp³-hybridized carbons (Fsp3) is 0.462. The molecule has 0 radical (unpaired) electrons. The SMILES string of the molecule is N#CCc1ccc(NC2CCCC2O)cc1. The Bertz CT molecular complexity index is 380.